The van der Waals surface area contributed by atoms with Crippen LogP contribution in [0.15, 0.2) is 42.2 Å². The Labute approximate surface area is 98.2 Å². The molecule has 2 atom stereocenters. The van der Waals surface area contributed by atoms with Gasteiger partial charge in [-0.1, -0.05) is 30.3 Å². The first kappa shape index (κ1) is 11.4. The Morgan fingerprint density at radius 3 is 2.53 bits per heavy atom. The Bertz CT molecular complexity index is 475. The van der Waals surface area contributed by atoms with Crippen LogP contribution >= 0.6 is 0 Å². The molecular weight excluding hydrogens is 220 g/mol. The predicted molar refractivity (Wildman–Crippen MR) is 58.0 cm³/mol. The number of carboxylic acid groups (broad SMARTS) is 1. The standard InChI is InChI=1S/C13H12O4/c14-9-6-10(8-4-2-1-3-5-8)12(13(16)17)11(15)7-9/h1-5,7,10,12,15H,6H2,(H,16,17)/p-1/t10-,12-/m0/s1. The monoisotopic (exact) mass is 231 g/mol. The van der Waals surface area contributed by atoms with Crippen LogP contribution in [-0.4, -0.2) is 16.9 Å². The summed E-state index contributed by atoms with van der Waals surface area (Å²) in [4.78, 5) is 22.4. The van der Waals surface area contributed by atoms with Crippen LogP contribution in [0.2, 0.25) is 0 Å². The van der Waals surface area contributed by atoms with Gasteiger partial charge in [0.1, 0.15) is 5.76 Å². The molecule has 0 radical (unpaired) electrons. The zero-order valence-electron chi connectivity index (χ0n) is 9.00. The smallest absolute Gasteiger partial charge is 0.159 e. The number of benzene rings is 1. The minimum Gasteiger partial charge on any atom is -0.549 e. The van der Waals surface area contributed by atoms with E-state index in [9.17, 15) is 19.8 Å². The summed E-state index contributed by atoms with van der Waals surface area (Å²) in [5.74, 6) is -3.75. The molecule has 1 N–H and O–H groups in total. The van der Waals surface area contributed by atoms with Gasteiger partial charge in [0.05, 0.1) is 11.9 Å². The van der Waals surface area contributed by atoms with E-state index in [1.807, 2.05) is 0 Å². The molecule has 2 rings (SSSR count). The number of allylic oxidation sites excluding steroid dienone is 1. The molecule has 1 aromatic carbocycles. The first-order valence-electron chi connectivity index (χ1n) is 5.29. The molecule has 0 saturated carbocycles. The van der Waals surface area contributed by atoms with Gasteiger partial charge < -0.3 is 15.0 Å². The van der Waals surface area contributed by atoms with Crippen molar-refractivity contribution in [1.29, 1.82) is 0 Å². The SMILES string of the molecule is O=C1C=C(O)[C@@H](C(=O)[O-])[C@H](c2ccccc2)C1. The number of carbonyl (C=O) groups excluding carboxylic acids is 2. The van der Waals surface area contributed by atoms with Crippen molar-refractivity contribution in [1.82, 2.24) is 0 Å². The number of hydrogen-bond donors (Lipinski definition) is 1. The second-order valence-electron chi connectivity index (χ2n) is 4.05. The van der Waals surface area contributed by atoms with Crippen molar-refractivity contribution in [2.45, 2.75) is 12.3 Å². The molecule has 0 aromatic heterocycles. The first-order chi connectivity index (χ1) is 8.09. The average molecular weight is 231 g/mol. The summed E-state index contributed by atoms with van der Waals surface area (Å²) in [6.45, 7) is 0. The Morgan fingerprint density at radius 2 is 1.94 bits per heavy atom. The number of aliphatic hydroxyl groups excluding tert-OH is 1. The van der Waals surface area contributed by atoms with Gasteiger partial charge in [0.15, 0.2) is 5.78 Å². The van der Waals surface area contributed by atoms with Crippen molar-refractivity contribution in [3.8, 4) is 0 Å². The van der Waals surface area contributed by atoms with Crippen molar-refractivity contribution < 1.29 is 19.8 Å². The lowest BCUT2D eigenvalue weighted by Gasteiger charge is -2.30. The number of ketones is 1. The molecule has 4 nitrogen and oxygen atoms in total. The van der Waals surface area contributed by atoms with Crippen LogP contribution in [0.1, 0.15) is 17.9 Å². The van der Waals surface area contributed by atoms with Gasteiger partial charge in [-0.25, -0.2) is 0 Å². The minimum atomic E-state index is -1.36. The second kappa shape index (κ2) is 4.41. The fraction of sp³-hybridized carbons (Fsp3) is 0.231. The third kappa shape index (κ3) is 2.20. The lowest BCUT2D eigenvalue weighted by atomic mass is 9.77. The Hall–Kier alpha value is -2.10. The van der Waals surface area contributed by atoms with E-state index in [-0.39, 0.29) is 12.2 Å². The molecule has 17 heavy (non-hydrogen) atoms. The van der Waals surface area contributed by atoms with Crippen LogP contribution in [0.25, 0.3) is 0 Å². The number of carbonyl (C=O) groups is 2. The molecule has 1 aliphatic carbocycles. The maximum absolute atomic E-state index is 11.4. The van der Waals surface area contributed by atoms with Gasteiger partial charge in [-0.15, -0.1) is 0 Å². The highest BCUT2D eigenvalue weighted by molar-refractivity contribution is 5.94. The van der Waals surface area contributed by atoms with Gasteiger partial charge in [0.2, 0.25) is 0 Å². The lowest BCUT2D eigenvalue weighted by molar-refractivity contribution is -0.311. The van der Waals surface area contributed by atoms with Gasteiger partial charge >= 0.3 is 0 Å². The number of aliphatic hydroxyl groups is 1. The summed E-state index contributed by atoms with van der Waals surface area (Å²) in [7, 11) is 0. The van der Waals surface area contributed by atoms with E-state index in [0.717, 1.165) is 11.6 Å². The molecule has 0 spiro atoms. The molecule has 0 bridgehead atoms. The molecule has 0 heterocycles. The van der Waals surface area contributed by atoms with Crippen LogP contribution in [0.3, 0.4) is 0 Å². The van der Waals surface area contributed by atoms with Crippen LogP contribution in [0, 0.1) is 5.92 Å². The molecule has 1 aromatic rings. The fourth-order valence-electron chi connectivity index (χ4n) is 2.15. The van der Waals surface area contributed by atoms with E-state index in [0.29, 0.717) is 0 Å². The minimum absolute atomic E-state index is 0.0761. The maximum atomic E-state index is 11.4. The van der Waals surface area contributed by atoms with Gasteiger partial charge in [-0.3, -0.25) is 4.79 Å². The van der Waals surface area contributed by atoms with Crippen LogP contribution in [0.4, 0.5) is 0 Å². The summed E-state index contributed by atoms with van der Waals surface area (Å²) in [5.41, 5.74) is 0.717. The molecule has 0 fully saturated rings. The van der Waals surface area contributed by atoms with Crippen LogP contribution in [0.5, 0.6) is 0 Å². The Balaban J connectivity index is 2.42. The van der Waals surface area contributed by atoms with Crippen LogP contribution in [-0.2, 0) is 9.59 Å². The van der Waals surface area contributed by atoms with E-state index in [1.165, 1.54) is 0 Å². The second-order valence-corrected chi connectivity index (χ2v) is 4.05. The summed E-state index contributed by atoms with van der Waals surface area (Å²) in [6.07, 6.45) is 1.05. The average Bonchev–Trinajstić information content (AvgIpc) is 2.28. The Kier molecular flexibility index (Phi) is 2.95. The van der Waals surface area contributed by atoms with Crippen molar-refractivity contribution in [3.05, 3.63) is 47.7 Å². The number of rotatable bonds is 2. The zero-order valence-corrected chi connectivity index (χ0v) is 9.00. The van der Waals surface area contributed by atoms with Crippen molar-refractivity contribution in [3.63, 3.8) is 0 Å². The fourth-order valence-corrected chi connectivity index (χ4v) is 2.15. The van der Waals surface area contributed by atoms with Crippen molar-refractivity contribution in [2.75, 3.05) is 0 Å². The third-order valence-electron chi connectivity index (χ3n) is 2.93. The number of aliphatic carboxylic acids is 1. The van der Waals surface area contributed by atoms with Crippen LogP contribution < -0.4 is 5.11 Å². The maximum Gasteiger partial charge on any atom is 0.159 e. The highest BCUT2D eigenvalue weighted by Gasteiger charge is 2.33. The predicted octanol–water partition coefficient (Wildman–Crippen LogP) is 0.551. The molecule has 0 saturated heterocycles. The van der Waals surface area contributed by atoms with Crippen molar-refractivity contribution in [2.24, 2.45) is 5.92 Å². The first-order valence-corrected chi connectivity index (χ1v) is 5.29. The lowest BCUT2D eigenvalue weighted by Crippen LogP contribution is -2.39. The third-order valence-corrected chi connectivity index (χ3v) is 2.93. The van der Waals surface area contributed by atoms with E-state index >= 15 is 0 Å². The van der Waals surface area contributed by atoms with Gasteiger partial charge in [-0.05, 0) is 5.56 Å². The summed E-state index contributed by atoms with van der Waals surface area (Å²) in [5, 5.41) is 20.6. The number of hydrogen-bond acceptors (Lipinski definition) is 4. The molecule has 88 valence electrons. The molecular formula is C13H11O4-. The highest BCUT2D eigenvalue weighted by Crippen LogP contribution is 2.35. The highest BCUT2D eigenvalue weighted by atomic mass is 16.4. The van der Waals surface area contributed by atoms with E-state index in [1.54, 1.807) is 30.3 Å². The summed E-state index contributed by atoms with van der Waals surface area (Å²) >= 11 is 0. The van der Waals surface area contributed by atoms with E-state index < -0.39 is 23.6 Å². The molecule has 0 amide bonds. The van der Waals surface area contributed by atoms with Gasteiger partial charge in [0, 0.05) is 18.4 Å². The topological polar surface area (TPSA) is 77.4 Å². The van der Waals surface area contributed by atoms with Crippen molar-refractivity contribution >= 4 is 11.8 Å². The normalized spacial score (nSPS) is 24.2. The van der Waals surface area contributed by atoms with E-state index in [2.05, 4.69) is 0 Å². The quantitative estimate of drug-likeness (QED) is 0.806. The molecule has 0 unspecified atom stereocenters. The molecule has 0 aliphatic heterocycles. The molecule has 1 aliphatic rings. The number of carboxylic acids is 1. The summed E-state index contributed by atoms with van der Waals surface area (Å²) in [6, 6.07) is 8.82. The zero-order chi connectivity index (χ0) is 12.4. The molecule has 4 heteroatoms. The largest absolute Gasteiger partial charge is 0.549 e. The van der Waals surface area contributed by atoms with Gasteiger partial charge in [0.25, 0.3) is 0 Å². The van der Waals surface area contributed by atoms with E-state index in [4.69, 9.17) is 0 Å². The summed E-state index contributed by atoms with van der Waals surface area (Å²) < 4.78 is 0. The van der Waals surface area contributed by atoms with Gasteiger partial charge in [-0.2, -0.15) is 0 Å². The Morgan fingerprint density at radius 1 is 1.29 bits per heavy atom.